The van der Waals surface area contributed by atoms with Gasteiger partial charge in [0.25, 0.3) is 5.91 Å². The van der Waals surface area contributed by atoms with E-state index in [9.17, 15) is 27.2 Å². The van der Waals surface area contributed by atoms with Gasteiger partial charge in [-0.05, 0) is 71.3 Å². The molecule has 0 bridgehead atoms. The fourth-order valence-corrected chi connectivity index (χ4v) is 7.41. The van der Waals surface area contributed by atoms with E-state index in [2.05, 4.69) is 5.32 Å². The number of carbonyl (C=O) groups is 3. The first-order chi connectivity index (χ1) is 18.2. The molecule has 3 amide bonds. The monoisotopic (exact) mass is 535 g/mol. The molecular weight excluding hydrogens is 509 g/mol. The number of carbonyl (C=O) groups excluding carboxylic acids is 3. The molecule has 1 N–H and O–H groups in total. The van der Waals surface area contributed by atoms with Crippen molar-refractivity contribution in [2.45, 2.75) is 49.1 Å². The highest BCUT2D eigenvalue weighted by atomic mass is 32.2. The minimum Gasteiger partial charge on any atom is -0.322 e. The summed E-state index contributed by atoms with van der Waals surface area (Å²) in [5.41, 5.74) is 1.60. The molecule has 10 heteroatoms. The van der Waals surface area contributed by atoms with Crippen LogP contribution in [-0.4, -0.2) is 54.5 Å². The van der Waals surface area contributed by atoms with Gasteiger partial charge >= 0.3 is 0 Å². The van der Waals surface area contributed by atoms with Crippen LogP contribution in [0, 0.1) is 5.82 Å². The number of nitrogens with one attached hydrogen (secondary N) is 1. The third-order valence-corrected chi connectivity index (χ3v) is 9.80. The summed E-state index contributed by atoms with van der Waals surface area (Å²) >= 11 is 0. The average molecular weight is 536 g/mol. The molecule has 2 fully saturated rings. The Bertz CT molecular complexity index is 1600. The van der Waals surface area contributed by atoms with Crippen molar-refractivity contribution in [1.82, 2.24) is 14.5 Å². The molecule has 0 aliphatic carbocycles. The molecule has 3 aromatic rings. The Balaban J connectivity index is 1.22. The molecule has 0 aromatic heterocycles. The number of piperidine rings is 2. The summed E-state index contributed by atoms with van der Waals surface area (Å²) < 4.78 is 42.9. The zero-order valence-corrected chi connectivity index (χ0v) is 21.3. The first-order valence-corrected chi connectivity index (χ1v) is 14.1. The summed E-state index contributed by atoms with van der Waals surface area (Å²) in [4.78, 5) is 38.8. The predicted molar refractivity (Wildman–Crippen MR) is 137 cm³/mol. The zero-order chi connectivity index (χ0) is 26.6. The lowest BCUT2D eigenvalue weighted by Gasteiger charge is -2.32. The predicted octanol–water partition coefficient (Wildman–Crippen LogP) is 3.31. The quantitative estimate of drug-likeness (QED) is 0.517. The number of amides is 3. The first kappa shape index (κ1) is 24.7. The van der Waals surface area contributed by atoms with Crippen LogP contribution in [0.4, 0.5) is 4.39 Å². The zero-order valence-electron chi connectivity index (χ0n) is 20.5. The largest absolute Gasteiger partial charge is 0.322 e. The van der Waals surface area contributed by atoms with Crippen LogP contribution in [0.5, 0.6) is 0 Å². The standard InChI is InChI=1S/C28H26FN3O5S/c29-20-14-22(24-16-32(28(35)23(24)15-20)25-7-8-26(33)30-27(25)34)18-9-11-31(12-10-18)38(36,37)21-6-5-17-3-1-2-4-19(17)13-21/h1-6,13-15,18,25H,7-12,16H2,(H,30,33,34). The van der Waals surface area contributed by atoms with Crippen LogP contribution >= 0.6 is 0 Å². The molecule has 0 saturated carbocycles. The Hall–Kier alpha value is -3.63. The van der Waals surface area contributed by atoms with Crippen LogP contribution in [0.1, 0.15) is 53.1 Å². The molecule has 3 aromatic carbocycles. The smallest absolute Gasteiger partial charge is 0.255 e. The highest BCUT2D eigenvalue weighted by Gasteiger charge is 2.41. The molecule has 1 unspecified atom stereocenters. The van der Waals surface area contributed by atoms with E-state index < -0.39 is 33.7 Å². The van der Waals surface area contributed by atoms with Gasteiger partial charge in [0.05, 0.1) is 4.90 Å². The van der Waals surface area contributed by atoms with Crippen molar-refractivity contribution in [3.8, 4) is 0 Å². The van der Waals surface area contributed by atoms with Gasteiger partial charge in [0.2, 0.25) is 21.8 Å². The Morgan fingerprint density at radius 2 is 1.63 bits per heavy atom. The van der Waals surface area contributed by atoms with Crippen molar-refractivity contribution >= 4 is 38.5 Å². The normalized spacial score (nSPS) is 21.1. The summed E-state index contributed by atoms with van der Waals surface area (Å²) in [6.45, 7) is 0.706. The molecule has 3 aliphatic heterocycles. The van der Waals surface area contributed by atoms with Crippen LogP contribution in [0.25, 0.3) is 10.8 Å². The highest BCUT2D eigenvalue weighted by molar-refractivity contribution is 7.89. The highest BCUT2D eigenvalue weighted by Crippen LogP contribution is 2.38. The second-order valence-corrected chi connectivity index (χ2v) is 12.0. The number of fused-ring (bicyclic) bond motifs is 2. The minimum atomic E-state index is -3.70. The lowest BCUT2D eigenvalue weighted by atomic mass is 9.86. The molecular formula is C28H26FN3O5S. The molecule has 196 valence electrons. The molecule has 1 atom stereocenters. The fourth-order valence-electron chi connectivity index (χ4n) is 5.90. The number of benzene rings is 3. The van der Waals surface area contributed by atoms with Gasteiger partial charge in [-0.1, -0.05) is 30.3 Å². The van der Waals surface area contributed by atoms with E-state index in [0.29, 0.717) is 24.0 Å². The van der Waals surface area contributed by atoms with Gasteiger partial charge in [0.15, 0.2) is 0 Å². The van der Waals surface area contributed by atoms with E-state index in [0.717, 1.165) is 10.8 Å². The number of hydrogen-bond donors (Lipinski definition) is 1. The summed E-state index contributed by atoms with van der Waals surface area (Å²) in [5.74, 6) is -1.98. The molecule has 0 radical (unpaired) electrons. The van der Waals surface area contributed by atoms with Gasteiger partial charge < -0.3 is 4.90 Å². The SMILES string of the molecule is O=C1CCC(N2Cc3c(cc(F)cc3C3CCN(S(=O)(=O)c4ccc5ccccc5c4)CC3)C2=O)C(=O)N1. The van der Waals surface area contributed by atoms with E-state index in [4.69, 9.17) is 0 Å². The average Bonchev–Trinajstić information content (AvgIpc) is 3.23. The third-order valence-electron chi connectivity index (χ3n) is 7.91. The number of rotatable bonds is 4. The lowest BCUT2D eigenvalue weighted by molar-refractivity contribution is -0.136. The first-order valence-electron chi connectivity index (χ1n) is 12.7. The summed E-state index contributed by atoms with van der Waals surface area (Å²) in [7, 11) is -3.70. The molecule has 2 saturated heterocycles. The van der Waals surface area contributed by atoms with Crippen LogP contribution in [0.3, 0.4) is 0 Å². The Kier molecular flexibility index (Phi) is 6.03. The fraction of sp³-hybridized carbons (Fsp3) is 0.321. The second kappa shape index (κ2) is 9.28. The molecule has 38 heavy (non-hydrogen) atoms. The maximum atomic E-state index is 14.7. The summed E-state index contributed by atoms with van der Waals surface area (Å²) in [6, 6.07) is 14.5. The van der Waals surface area contributed by atoms with Gasteiger partial charge in [-0.3, -0.25) is 19.7 Å². The van der Waals surface area contributed by atoms with Crippen molar-refractivity contribution in [2.24, 2.45) is 0 Å². The topological polar surface area (TPSA) is 104 Å². The van der Waals surface area contributed by atoms with E-state index in [1.54, 1.807) is 18.2 Å². The van der Waals surface area contributed by atoms with Crippen molar-refractivity contribution in [3.05, 3.63) is 77.1 Å². The summed E-state index contributed by atoms with van der Waals surface area (Å²) in [5, 5.41) is 4.09. The van der Waals surface area contributed by atoms with Crippen LogP contribution in [-0.2, 0) is 26.2 Å². The Morgan fingerprint density at radius 1 is 0.895 bits per heavy atom. The van der Waals surface area contributed by atoms with Crippen molar-refractivity contribution in [2.75, 3.05) is 13.1 Å². The lowest BCUT2D eigenvalue weighted by Crippen LogP contribution is -2.52. The number of imide groups is 1. The molecule has 6 rings (SSSR count). The van der Waals surface area contributed by atoms with Gasteiger partial charge in [-0.2, -0.15) is 4.31 Å². The van der Waals surface area contributed by atoms with Crippen molar-refractivity contribution < 1.29 is 27.2 Å². The van der Waals surface area contributed by atoms with Gasteiger partial charge in [-0.25, -0.2) is 12.8 Å². The Labute approximate surface area is 219 Å². The van der Waals surface area contributed by atoms with Crippen LogP contribution < -0.4 is 5.32 Å². The maximum absolute atomic E-state index is 14.7. The van der Waals surface area contributed by atoms with E-state index >= 15 is 0 Å². The maximum Gasteiger partial charge on any atom is 0.255 e. The van der Waals surface area contributed by atoms with Gasteiger partial charge in [0.1, 0.15) is 11.9 Å². The molecule has 3 aliphatic rings. The van der Waals surface area contributed by atoms with Crippen LogP contribution in [0.2, 0.25) is 0 Å². The molecule has 0 spiro atoms. The van der Waals surface area contributed by atoms with Crippen LogP contribution in [0.15, 0.2) is 59.5 Å². The van der Waals surface area contributed by atoms with Gasteiger partial charge in [-0.15, -0.1) is 0 Å². The minimum absolute atomic E-state index is 0.128. The van der Waals surface area contributed by atoms with E-state index in [1.807, 2.05) is 24.3 Å². The Morgan fingerprint density at radius 3 is 2.37 bits per heavy atom. The summed E-state index contributed by atoms with van der Waals surface area (Å²) in [6.07, 6.45) is 1.33. The second-order valence-electron chi connectivity index (χ2n) is 10.1. The number of nitrogens with zero attached hydrogens (tertiary/aromatic N) is 2. The molecule has 8 nitrogen and oxygen atoms in total. The van der Waals surface area contributed by atoms with E-state index in [1.165, 1.54) is 21.3 Å². The number of hydrogen-bond acceptors (Lipinski definition) is 5. The van der Waals surface area contributed by atoms with Gasteiger partial charge in [0, 0.05) is 31.6 Å². The number of sulfonamides is 1. The number of halogens is 1. The van der Waals surface area contributed by atoms with E-state index in [-0.39, 0.29) is 54.8 Å². The molecule has 3 heterocycles. The van der Waals surface area contributed by atoms with Crippen molar-refractivity contribution in [1.29, 1.82) is 0 Å². The van der Waals surface area contributed by atoms with Crippen molar-refractivity contribution in [3.63, 3.8) is 0 Å². The third kappa shape index (κ3) is 4.17.